The van der Waals surface area contributed by atoms with Crippen molar-refractivity contribution in [2.75, 3.05) is 0 Å². The Morgan fingerprint density at radius 2 is 2.05 bits per heavy atom. The minimum atomic E-state index is -0.556. The van der Waals surface area contributed by atoms with Gasteiger partial charge in [-0.2, -0.15) is 0 Å². The summed E-state index contributed by atoms with van der Waals surface area (Å²) >= 11 is 0. The standard InChI is InChI=1S/C16H24O4/c1-4-10-12-6-5-9(2)11-7-8-15(3)19-14(18-13(10)17)16(11,12)20-15/h9-12,14H,4-8H2,1-3H3/t9-,10-,11+,12+,14?,15-,16-/m1/s1. The van der Waals surface area contributed by atoms with E-state index >= 15 is 0 Å². The van der Waals surface area contributed by atoms with Gasteiger partial charge in [0.15, 0.2) is 5.79 Å². The molecule has 4 fully saturated rings. The first kappa shape index (κ1) is 13.1. The molecule has 112 valence electrons. The Morgan fingerprint density at radius 1 is 1.25 bits per heavy atom. The van der Waals surface area contributed by atoms with Crippen LogP contribution in [0.2, 0.25) is 0 Å². The molecule has 3 aliphatic heterocycles. The van der Waals surface area contributed by atoms with Gasteiger partial charge in [0.1, 0.15) is 5.60 Å². The largest absolute Gasteiger partial charge is 0.432 e. The third kappa shape index (κ3) is 1.42. The van der Waals surface area contributed by atoms with Crippen molar-refractivity contribution in [1.29, 1.82) is 0 Å². The molecular weight excluding hydrogens is 256 g/mol. The molecule has 1 aliphatic carbocycles. The van der Waals surface area contributed by atoms with E-state index in [0.717, 1.165) is 25.7 Å². The van der Waals surface area contributed by atoms with Crippen molar-refractivity contribution in [3.8, 4) is 0 Å². The van der Waals surface area contributed by atoms with Gasteiger partial charge in [0.05, 0.1) is 5.92 Å². The van der Waals surface area contributed by atoms with E-state index in [2.05, 4.69) is 13.8 Å². The van der Waals surface area contributed by atoms with E-state index in [1.165, 1.54) is 6.42 Å². The number of rotatable bonds is 1. The summed E-state index contributed by atoms with van der Waals surface area (Å²) in [6.45, 7) is 6.39. The van der Waals surface area contributed by atoms with Crippen LogP contribution in [-0.2, 0) is 19.0 Å². The Hall–Kier alpha value is -0.610. The van der Waals surface area contributed by atoms with Crippen LogP contribution >= 0.6 is 0 Å². The Morgan fingerprint density at radius 3 is 2.80 bits per heavy atom. The van der Waals surface area contributed by atoms with E-state index in [4.69, 9.17) is 14.2 Å². The van der Waals surface area contributed by atoms with Crippen molar-refractivity contribution in [2.24, 2.45) is 23.7 Å². The number of carbonyl (C=O) groups is 1. The number of hydrogen-bond acceptors (Lipinski definition) is 4. The quantitative estimate of drug-likeness (QED) is 0.693. The molecule has 4 nitrogen and oxygen atoms in total. The molecule has 3 saturated heterocycles. The van der Waals surface area contributed by atoms with E-state index in [1.807, 2.05) is 6.92 Å². The predicted octanol–water partition coefficient (Wildman–Crippen LogP) is 2.85. The summed E-state index contributed by atoms with van der Waals surface area (Å²) in [4.78, 5) is 12.3. The molecule has 1 spiro atoms. The first-order valence-corrected chi connectivity index (χ1v) is 8.08. The van der Waals surface area contributed by atoms with Crippen molar-refractivity contribution in [2.45, 2.75) is 70.6 Å². The molecule has 0 amide bonds. The van der Waals surface area contributed by atoms with Gasteiger partial charge in [-0.1, -0.05) is 13.8 Å². The van der Waals surface area contributed by atoms with E-state index in [0.29, 0.717) is 11.8 Å². The Balaban J connectivity index is 1.82. The molecule has 3 heterocycles. The second kappa shape index (κ2) is 3.98. The summed E-state index contributed by atoms with van der Waals surface area (Å²) < 4.78 is 18.2. The predicted molar refractivity (Wildman–Crippen MR) is 71.6 cm³/mol. The molecule has 0 aromatic rings. The lowest BCUT2D eigenvalue weighted by molar-refractivity contribution is -0.265. The third-order valence-electron chi connectivity index (χ3n) is 6.26. The molecule has 7 atom stereocenters. The summed E-state index contributed by atoms with van der Waals surface area (Å²) in [5.41, 5.74) is -0.376. The van der Waals surface area contributed by atoms with Gasteiger partial charge in [-0.3, -0.25) is 4.79 Å². The van der Waals surface area contributed by atoms with E-state index < -0.39 is 12.1 Å². The summed E-state index contributed by atoms with van der Waals surface area (Å²) in [7, 11) is 0. The molecule has 0 N–H and O–H groups in total. The highest BCUT2D eigenvalue weighted by Crippen LogP contribution is 2.63. The van der Waals surface area contributed by atoms with Crippen LogP contribution in [0.3, 0.4) is 0 Å². The lowest BCUT2D eigenvalue weighted by Crippen LogP contribution is -2.65. The average Bonchev–Trinajstić information content (AvgIpc) is 2.61. The molecule has 1 unspecified atom stereocenters. The zero-order valence-electron chi connectivity index (χ0n) is 12.6. The van der Waals surface area contributed by atoms with Gasteiger partial charge in [-0.05, 0) is 44.4 Å². The van der Waals surface area contributed by atoms with E-state index in [9.17, 15) is 4.79 Å². The maximum Gasteiger partial charge on any atom is 0.311 e. The zero-order valence-corrected chi connectivity index (χ0v) is 12.6. The van der Waals surface area contributed by atoms with Crippen LogP contribution in [0.25, 0.3) is 0 Å². The smallest absolute Gasteiger partial charge is 0.311 e. The number of ether oxygens (including phenoxy) is 3. The van der Waals surface area contributed by atoms with Gasteiger partial charge >= 0.3 is 5.97 Å². The summed E-state index contributed by atoms with van der Waals surface area (Å²) in [6.07, 6.45) is 4.62. The normalized spacial score (nSPS) is 57.1. The second-order valence-corrected chi connectivity index (χ2v) is 7.30. The molecule has 2 bridgehead atoms. The Labute approximate surface area is 120 Å². The molecule has 0 aromatic carbocycles. The average molecular weight is 280 g/mol. The van der Waals surface area contributed by atoms with Crippen LogP contribution in [0.15, 0.2) is 0 Å². The number of hydrogen-bond donors (Lipinski definition) is 0. The van der Waals surface area contributed by atoms with Crippen LogP contribution < -0.4 is 0 Å². The Kier molecular flexibility index (Phi) is 2.60. The molecule has 4 heteroatoms. The molecular formula is C16H24O4. The molecule has 20 heavy (non-hydrogen) atoms. The molecule has 0 aromatic heterocycles. The van der Waals surface area contributed by atoms with Gasteiger partial charge < -0.3 is 14.2 Å². The monoisotopic (exact) mass is 280 g/mol. The maximum absolute atomic E-state index is 12.3. The fourth-order valence-corrected chi connectivity index (χ4v) is 5.33. The molecule has 4 rings (SSSR count). The first-order chi connectivity index (χ1) is 9.50. The lowest BCUT2D eigenvalue weighted by atomic mass is 9.57. The highest BCUT2D eigenvalue weighted by molar-refractivity contribution is 5.74. The summed E-state index contributed by atoms with van der Waals surface area (Å²) in [5.74, 6) is 0.686. The second-order valence-electron chi connectivity index (χ2n) is 7.30. The fourth-order valence-electron chi connectivity index (χ4n) is 5.33. The molecule has 0 radical (unpaired) electrons. The zero-order chi connectivity index (χ0) is 14.1. The topological polar surface area (TPSA) is 44.8 Å². The summed E-state index contributed by atoms with van der Waals surface area (Å²) in [6, 6.07) is 0. The lowest BCUT2D eigenvalue weighted by Gasteiger charge is -2.56. The highest BCUT2D eigenvalue weighted by atomic mass is 16.8. The summed E-state index contributed by atoms with van der Waals surface area (Å²) in [5, 5.41) is 0. The van der Waals surface area contributed by atoms with Gasteiger partial charge in [-0.15, -0.1) is 0 Å². The minimum Gasteiger partial charge on any atom is -0.432 e. The van der Waals surface area contributed by atoms with Crippen molar-refractivity contribution in [3.63, 3.8) is 0 Å². The van der Waals surface area contributed by atoms with Crippen LogP contribution in [-0.4, -0.2) is 23.6 Å². The van der Waals surface area contributed by atoms with Crippen molar-refractivity contribution in [1.82, 2.24) is 0 Å². The van der Waals surface area contributed by atoms with Gasteiger partial charge in [0, 0.05) is 12.3 Å². The molecule has 1 saturated carbocycles. The van der Waals surface area contributed by atoms with Gasteiger partial charge in [0.2, 0.25) is 6.29 Å². The SMILES string of the molecule is CC[C@H]1C(=O)OC2O[C@@]3(C)CC[C@H]4[C@H](C)CC[C@@H]1[C@@]24O3. The van der Waals surface area contributed by atoms with Crippen molar-refractivity contribution < 1.29 is 19.0 Å². The van der Waals surface area contributed by atoms with Crippen molar-refractivity contribution >= 4 is 5.97 Å². The maximum atomic E-state index is 12.3. The number of esters is 1. The third-order valence-corrected chi connectivity index (χ3v) is 6.26. The number of fused-ring (bicyclic) bond motifs is 1. The molecule has 4 aliphatic rings. The van der Waals surface area contributed by atoms with Crippen LogP contribution in [0.1, 0.15) is 52.9 Å². The fraction of sp³-hybridized carbons (Fsp3) is 0.938. The Bertz CT molecular complexity index is 450. The van der Waals surface area contributed by atoms with Crippen LogP contribution in [0.5, 0.6) is 0 Å². The van der Waals surface area contributed by atoms with Crippen LogP contribution in [0.4, 0.5) is 0 Å². The van der Waals surface area contributed by atoms with Crippen LogP contribution in [0, 0.1) is 23.7 Å². The van der Waals surface area contributed by atoms with Gasteiger partial charge in [-0.25, -0.2) is 0 Å². The van der Waals surface area contributed by atoms with Crippen molar-refractivity contribution in [3.05, 3.63) is 0 Å². The highest BCUT2D eigenvalue weighted by Gasteiger charge is 2.72. The first-order valence-electron chi connectivity index (χ1n) is 8.08. The van der Waals surface area contributed by atoms with E-state index in [-0.39, 0.29) is 23.4 Å². The minimum absolute atomic E-state index is 0.0229. The van der Waals surface area contributed by atoms with Gasteiger partial charge in [0.25, 0.3) is 0 Å². The van der Waals surface area contributed by atoms with E-state index in [1.54, 1.807) is 0 Å². The number of carbonyl (C=O) groups excluding carboxylic acids is 1.